The van der Waals surface area contributed by atoms with Gasteiger partial charge in [-0.15, -0.1) is 0 Å². The number of fused-ring (bicyclic) bond motifs is 3. The highest BCUT2D eigenvalue weighted by Gasteiger charge is 2.69. The van der Waals surface area contributed by atoms with Gasteiger partial charge in [-0.2, -0.15) is 0 Å². The van der Waals surface area contributed by atoms with Crippen LogP contribution in [-0.4, -0.2) is 44.9 Å². The minimum absolute atomic E-state index is 0.00162. The van der Waals surface area contributed by atoms with E-state index in [1.54, 1.807) is 13.8 Å². The molecule has 0 heterocycles. The van der Waals surface area contributed by atoms with E-state index >= 15 is 0 Å². The van der Waals surface area contributed by atoms with Gasteiger partial charge in [0.2, 0.25) is 5.91 Å². The fraction of sp³-hybridized carbons (Fsp3) is 0.393. The van der Waals surface area contributed by atoms with Crippen LogP contribution < -0.4 is 5.73 Å². The van der Waals surface area contributed by atoms with E-state index in [1.807, 2.05) is 0 Å². The first-order chi connectivity index (χ1) is 17.8. The largest absolute Gasteiger partial charge is 0.507 e. The Morgan fingerprint density at radius 3 is 2.26 bits per heavy atom. The Kier molecular flexibility index (Phi) is 5.86. The summed E-state index contributed by atoms with van der Waals surface area (Å²) >= 11 is 0. The number of carbonyl (C=O) groups excluding carboxylic acids is 5. The third-order valence-corrected chi connectivity index (χ3v) is 8.37. The monoisotopic (exact) mass is 525 g/mol. The van der Waals surface area contributed by atoms with Gasteiger partial charge in [0, 0.05) is 17.9 Å². The van der Waals surface area contributed by atoms with E-state index in [4.69, 9.17) is 5.73 Å². The average Bonchev–Trinajstić information content (AvgIpc) is 2.80. The molecule has 2 aromatic rings. The molecular formula is C28H25F2NO7. The summed E-state index contributed by atoms with van der Waals surface area (Å²) in [6.45, 7) is 3.31. The van der Waals surface area contributed by atoms with Gasteiger partial charge in [0.15, 0.2) is 34.7 Å². The molecule has 2 aromatic carbocycles. The van der Waals surface area contributed by atoms with E-state index in [0.717, 1.165) is 12.1 Å². The van der Waals surface area contributed by atoms with Crippen LogP contribution in [0.2, 0.25) is 0 Å². The number of phenolic OH excluding ortho intramolecular Hbond substituents is 1. The molecule has 5 rings (SSSR count). The number of rotatable bonds is 3. The normalized spacial score (nSPS) is 30.6. The van der Waals surface area contributed by atoms with Crippen molar-refractivity contribution in [3.05, 3.63) is 53.1 Å². The number of amides is 1. The van der Waals surface area contributed by atoms with Crippen LogP contribution in [0, 0.1) is 47.1 Å². The van der Waals surface area contributed by atoms with Crippen molar-refractivity contribution < 1.29 is 43.0 Å². The first kappa shape index (κ1) is 25.8. The number of aromatic hydroxyl groups is 1. The van der Waals surface area contributed by atoms with E-state index in [2.05, 4.69) is 0 Å². The Labute approximate surface area is 215 Å². The smallest absolute Gasteiger partial charge is 0.235 e. The number of aliphatic hydroxyl groups is 1. The molecule has 2 saturated carbocycles. The lowest BCUT2D eigenvalue weighted by Crippen LogP contribution is -2.71. The Morgan fingerprint density at radius 1 is 1.05 bits per heavy atom. The van der Waals surface area contributed by atoms with E-state index in [9.17, 15) is 43.0 Å². The van der Waals surface area contributed by atoms with Crippen LogP contribution in [0.4, 0.5) is 8.78 Å². The van der Waals surface area contributed by atoms with Gasteiger partial charge >= 0.3 is 0 Å². The number of carbonyl (C=O) groups is 5. The van der Waals surface area contributed by atoms with Gasteiger partial charge in [0.05, 0.1) is 11.5 Å². The van der Waals surface area contributed by atoms with Gasteiger partial charge in [-0.05, 0) is 59.6 Å². The van der Waals surface area contributed by atoms with Gasteiger partial charge in [-0.1, -0.05) is 19.9 Å². The fourth-order valence-corrected chi connectivity index (χ4v) is 6.83. The van der Waals surface area contributed by atoms with E-state index in [1.165, 1.54) is 12.1 Å². The predicted octanol–water partition coefficient (Wildman–Crippen LogP) is 2.15. The molecule has 1 amide bonds. The molecule has 2 fully saturated rings. The summed E-state index contributed by atoms with van der Waals surface area (Å²) in [5.74, 6) is -14.6. The maximum atomic E-state index is 14.0. The number of hydrogen-bond donors (Lipinski definition) is 3. The molecule has 0 aromatic heterocycles. The van der Waals surface area contributed by atoms with Gasteiger partial charge < -0.3 is 15.9 Å². The molecule has 0 spiro atoms. The maximum absolute atomic E-state index is 14.0. The third-order valence-electron chi connectivity index (χ3n) is 8.37. The molecule has 2 unspecified atom stereocenters. The van der Waals surface area contributed by atoms with Gasteiger partial charge in [0.25, 0.3) is 0 Å². The molecule has 0 aliphatic heterocycles. The van der Waals surface area contributed by atoms with Crippen molar-refractivity contribution in [3.63, 3.8) is 0 Å². The van der Waals surface area contributed by atoms with Crippen LogP contribution in [0.25, 0.3) is 11.1 Å². The topological polar surface area (TPSA) is 152 Å². The summed E-state index contributed by atoms with van der Waals surface area (Å²) in [5, 5.41) is 22.2. The van der Waals surface area contributed by atoms with Crippen LogP contribution in [0.15, 0.2) is 30.3 Å². The number of Topliss-reactive ketones (excluding diaryl/α,β-unsaturated/α-hetero) is 4. The number of hydrogen-bond acceptors (Lipinski definition) is 7. The second-order valence-electron chi connectivity index (χ2n) is 10.8. The SMILES string of the molecule is CC(C)[C@@H]1C(=O)C(C(N)=O)C(=O)[C@@]2(O)C(=O)C3C(=O)c4c(O)ccc(-c5cc(F)cc(F)c5)c4C[C@H]3C[C@@H]12. The number of benzene rings is 2. The molecule has 0 radical (unpaired) electrons. The minimum atomic E-state index is -2.78. The highest BCUT2D eigenvalue weighted by atomic mass is 19.1. The number of phenols is 1. The molecule has 3 aliphatic rings. The zero-order valence-corrected chi connectivity index (χ0v) is 20.5. The van der Waals surface area contributed by atoms with E-state index < -0.39 is 87.5 Å². The summed E-state index contributed by atoms with van der Waals surface area (Å²) in [6, 6.07) is 5.44. The lowest BCUT2D eigenvalue weighted by molar-refractivity contribution is -0.182. The second kappa shape index (κ2) is 8.62. The Hall–Kier alpha value is -3.79. The summed E-state index contributed by atoms with van der Waals surface area (Å²) in [7, 11) is 0. The Balaban J connectivity index is 1.67. The van der Waals surface area contributed by atoms with Crippen molar-refractivity contribution in [2.75, 3.05) is 0 Å². The van der Waals surface area contributed by atoms with Crippen molar-refractivity contribution in [1.29, 1.82) is 0 Å². The molecular weight excluding hydrogens is 500 g/mol. The van der Waals surface area contributed by atoms with Crippen molar-refractivity contribution in [2.45, 2.75) is 32.3 Å². The third kappa shape index (κ3) is 3.46. The fourth-order valence-electron chi connectivity index (χ4n) is 6.83. The Bertz CT molecular complexity index is 1430. The van der Waals surface area contributed by atoms with Crippen LogP contribution in [-0.2, 0) is 25.6 Å². The van der Waals surface area contributed by atoms with Crippen molar-refractivity contribution in [1.82, 2.24) is 0 Å². The highest BCUT2D eigenvalue weighted by Crippen LogP contribution is 2.53. The first-order valence-corrected chi connectivity index (χ1v) is 12.3. The van der Waals surface area contributed by atoms with Crippen LogP contribution in [0.5, 0.6) is 5.75 Å². The van der Waals surface area contributed by atoms with Crippen LogP contribution in [0.1, 0.15) is 36.2 Å². The molecule has 38 heavy (non-hydrogen) atoms. The molecule has 8 nitrogen and oxygen atoms in total. The van der Waals surface area contributed by atoms with Gasteiger partial charge in [-0.3, -0.25) is 24.0 Å². The average molecular weight is 526 g/mol. The lowest BCUT2D eigenvalue weighted by atomic mass is 9.49. The van der Waals surface area contributed by atoms with Crippen molar-refractivity contribution >= 4 is 29.0 Å². The van der Waals surface area contributed by atoms with Crippen LogP contribution in [0.3, 0.4) is 0 Å². The molecule has 198 valence electrons. The van der Waals surface area contributed by atoms with Crippen molar-refractivity contribution in [2.24, 2.45) is 41.2 Å². The summed E-state index contributed by atoms with van der Waals surface area (Å²) < 4.78 is 28.0. The van der Waals surface area contributed by atoms with Crippen LogP contribution >= 0.6 is 0 Å². The zero-order chi connectivity index (χ0) is 27.8. The highest BCUT2D eigenvalue weighted by molar-refractivity contribution is 6.32. The molecule has 0 saturated heterocycles. The summed E-state index contributed by atoms with van der Waals surface area (Å²) in [5.41, 5.74) is 2.96. The number of halogens is 2. The molecule has 10 heteroatoms. The van der Waals surface area contributed by atoms with E-state index in [-0.39, 0.29) is 35.1 Å². The predicted molar refractivity (Wildman–Crippen MR) is 128 cm³/mol. The molecule has 3 aliphatic carbocycles. The Morgan fingerprint density at radius 2 is 1.68 bits per heavy atom. The number of primary amides is 1. The number of ketones is 4. The first-order valence-electron chi connectivity index (χ1n) is 12.3. The van der Waals surface area contributed by atoms with Gasteiger partial charge in [0.1, 0.15) is 17.4 Å². The quantitative estimate of drug-likeness (QED) is 0.519. The standard InChI is InChI=1S/C28H25F2NO7/c1-10(2)19-17-8-12-7-16-15(11-5-13(29)9-14(30)6-11)3-4-18(32)21(16)24(34)20(12)25(35)28(17,38)26(36)22(23(19)33)27(31)37/h3-6,9-10,12,17,19-20,22,32,38H,7-8H2,1-2H3,(H2,31,37)/t12-,17-,19-,20?,22?,28-/m0/s1. The maximum Gasteiger partial charge on any atom is 0.235 e. The zero-order valence-electron chi connectivity index (χ0n) is 20.5. The lowest BCUT2D eigenvalue weighted by Gasteiger charge is -2.52. The van der Waals surface area contributed by atoms with Crippen molar-refractivity contribution in [3.8, 4) is 16.9 Å². The summed E-state index contributed by atoms with van der Waals surface area (Å²) in [6.07, 6.45) is -0.0884. The second-order valence-corrected chi connectivity index (χ2v) is 10.8. The molecule has 6 atom stereocenters. The molecule has 0 bridgehead atoms. The van der Waals surface area contributed by atoms with Gasteiger partial charge in [-0.25, -0.2) is 8.78 Å². The minimum Gasteiger partial charge on any atom is -0.507 e. The molecule has 4 N–H and O–H groups in total. The summed E-state index contributed by atoms with van der Waals surface area (Å²) in [4.78, 5) is 66.0. The number of nitrogens with two attached hydrogens (primary N) is 1. The van der Waals surface area contributed by atoms with E-state index in [0.29, 0.717) is 6.07 Å².